The molecule has 1 heterocycles. The molecule has 1 saturated heterocycles. The van der Waals surface area contributed by atoms with E-state index in [9.17, 15) is 39.9 Å². The quantitative estimate of drug-likeness (QED) is 0.243. The Bertz CT molecular complexity index is 1410. The molecule has 7 N–H and O–H groups in total. The number of esters is 1. The lowest BCUT2D eigenvalue weighted by molar-refractivity contribution is -0.289. The first-order valence-electron chi connectivity index (χ1n) is 12.9. The largest absolute Gasteiger partial charge is 0.507 e. The van der Waals surface area contributed by atoms with Gasteiger partial charge in [0.2, 0.25) is 5.78 Å². The minimum atomic E-state index is -1.80. The number of aliphatic hydroxyl groups is 3. The van der Waals surface area contributed by atoms with E-state index in [-0.39, 0.29) is 40.7 Å². The second-order valence-corrected chi connectivity index (χ2v) is 10.5. The van der Waals surface area contributed by atoms with Gasteiger partial charge in [0.25, 0.3) is 0 Å². The number of methoxy groups -OCH3 is 1. The van der Waals surface area contributed by atoms with Crippen LogP contribution in [0.15, 0.2) is 24.3 Å². The van der Waals surface area contributed by atoms with Gasteiger partial charge in [-0.1, -0.05) is 19.1 Å². The van der Waals surface area contributed by atoms with Gasteiger partial charge in [0.1, 0.15) is 29.6 Å². The highest BCUT2D eigenvalue weighted by molar-refractivity contribution is 6.30. The van der Waals surface area contributed by atoms with Gasteiger partial charge in [0.05, 0.1) is 42.1 Å². The Hall–Kier alpha value is -3.39. The summed E-state index contributed by atoms with van der Waals surface area (Å²) in [6.45, 7) is 3.20. The topological polar surface area (TPSA) is 206 Å². The number of hydrogen-bond donors (Lipinski definition) is 6. The van der Waals surface area contributed by atoms with Crippen molar-refractivity contribution in [1.82, 2.24) is 0 Å². The number of ether oxygens (including phenoxy) is 3. The molecule has 12 heteroatoms. The molecule has 8 atom stereocenters. The van der Waals surface area contributed by atoms with Gasteiger partial charge in [0, 0.05) is 23.1 Å². The molecule has 40 heavy (non-hydrogen) atoms. The summed E-state index contributed by atoms with van der Waals surface area (Å²) in [5.74, 6) is -4.86. The fourth-order valence-corrected chi connectivity index (χ4v) is 6.01. The number of carbonyl (C=O) groups is 3. The first-order valence-corrected chi connectivity index (χ1v) is 12.9. The van der Waals surface area contributed by atoms with Gasteiger partial charge in [-0.05, 0) is 31.0 Å². The van der Waals surface area contributed by atoms with Crippen LogP contribution in [0.2, 0.25) is 0 Å². The summed E-state index contributed by atoms with van der Waals surface area (Å²) in [6.07, 6.45) is -6.80. The molecule has 1 aliphatic heterocycles. The van der Waals surface area contributed by atoms with E-state index >= 15 is 0 Å². The van der Waals surface area contributed by atoms with E-state index < -0.39 is 82.9 Å². The monoisotopic (exact) mass is 557 g/mol. The summed E-state index contributed by atoms with van der Waals surface area (Å²) >= 11 is 0. The summed E-state index contributed by atoms with van der Waals surface area (Å²) in [6, 6.07) is 4.34. The lowest BCUT2D eigenvalue weighted by atomic mass is 9.67. The molecule has 2 aromatic carbocycles. The van der Waals surface area contributed by atoms with Crippen LogP contribution in [0.25, 0.3) is 0 Å². The van der Waals surface area contributed by atoms with E-state index in [0.29, 0.717) is 0 Å². The maximum absolute atomic E-state index is 13.5. The van der Waals surface area contributed by atoms with Crippen LogP contribution in [0.4, 0.5) is 0 Å². The second-order valence-electron chi connectivity index (χ2n) is 10.5. The number of fused-ring (bicyclic) bond motifs is 3. The van der Waals surface area contributed by atoms with Gasteiger partial charge in [-0.15, -0.1) is 0 Å². The molecular formula is C28H31NO11. The number of hydrogen-bond acceptors (Lipinski definition) is 12. The molecule has 2 aromatic rings. The second kappa shape index (κ2) is 9.91. The number of phenols is 2. The normalized spacial score (nSPS) is 33.1. The first-order chi connectivity index (χ1) is 18.9. The van der Waals surface area contributed by atoms with E-state index in [0.717, 1.165) is 7.11 Å². The van der Waals surface area contributed by atoms with Crippen LogP contribution in [0.1, 0.15) is 81.7 Å². The van der Waals surface area contributed by atoms with E-state index in [1.807, 2.05) is 0 Å². The average Bonchev–Trinajstić information content (AvgIpc) is 2.92. The number of phenolic OH excluding ortho intramolecular Hbond substituents is 2. The predicted octanol–water partition coefficient (Wildman–Crippen LogP) is 0.526. The van der Waals surface area contributed by atoms with Crippen molar-refractivity contribution in [2.45, 2.75) is 75.0 Å². The van der Waals surface area contributed by atoms with Gasteiger partial charge in [-0.25, -0.2) is 0 Å². The fourth-order valence-electron chi connectivity index (χ4n) is 6.01. The summed E-state index contributed by atoms with van der Waals surface area (Å²) in [5.41, 5.74) is 2.98. The Morgan fingerprint density at radius 2 is 1.82 bits per heavy atom. The van der Waals surface area contributed by atoms with E-state index in [1.54, 1.807) is 13.8 Å². The van der Waals surface area contributed by atoms with Crippen LogP contribution in [0.5, 0.6) is 11.5 Å². The maximum atomic E-state index is 13.5. The van der Waals surface area contributed by atoms with Gasteiger partial charge >= 0.3 is 5.97 Å². The molecular weight excluding hydrogens is 526 g/mol. The van der Waals surface area contributed by atoms with Crippen LogP contribution in [0.3, 0.4) is 0 Å². The Kier molecular flexibility index (Phi) is 6.97. The molecule has 3 aliphatic rings. The molecule has 0 aromatic heterocycles. The molecule has 0 bridgehead atoms. The summed E-state index contributed by atoms with van der Waals surface area (Å²) in [4.78, 5) is 40.1. The zero-order valence-electron chi connectivity index (χ0n) is 22.0. The highest BCUT2D eigenvalue weighted by Gasteiger charge is 2.53. The highest BCUT2D eigenvalue weighted by atomic mass is 16.7. The summed E-state index contributed by atoms with van der Waals surface area (Å²) in [5, 5.41) is 54.7. The van der Waals surface area contributed by atoms with E-state index in [1.165, 1.54) is 24.3 Å². The van der Waals surface area contributed by atoms with Crippen molar-refractivity contribution in [2.75, 3.05) is 7.11 Å². The Labute approximate surface area is 228 Å². The van der Waals surface area contributed by atoms with Gasteiger partial charge in [0.15, 0.2) is 12.1 Å². The minimum Gasteiger partial charge on any atom is -0.507 e. The van der Waals surface area contributed by atoms with Crippen molar-refractivity contribution < 1.29 is 54.1 Å². The van der Waals surface area contributed by atoms with Gasteiger partial charge in [-0.3, -0.25) is 14.4 Å². The zero-order valence-corrected chi connectivity index (χ0v) is 22.0. The van der Waals surface area contributed by atoms with Crippen LogP contribution in [-0.2, 0) is 19.0 Å². The number of ketones is 2. The standard InChI is InChI=1S/C28H31NO11/c1-4-28(37)9-15(40-27-25(35)24(34)20(29)10(2)39-27)17-12(19(28)26(36)38-3)8-13-18(23(17)33)22(32)16-11(21(13)31)6-5-7-14(16)30/h5-8,10,15,19-20,24-25,27,30,33-35,37H,4,9,29H2,1-3H3/t10-,15?,19+,20-,24+,25-,27+,28-/m1/s1. The summed E-state index contributed by atoms with van der Waals surface area (Å²) in [7, 11) is 1.13. The third-order valence-electron chi connectivity index (χ3n) is 8.33. The molecule has 1 fully saturated rings. The zero-order chi connectivity index (χ0) is 29.3. The molecule has 1 unspecified atom stereocenters. The fraction of sp³-hybridized carbons (Fsp3) is 0.464. The molecule has 12 nitrogen and oxygen atoms in total. The number of nitrogens with two attached hydrogens (primary N) is 1. The lowest BCUT2D eigenvalue weighted by Crippen LogP contribution is -2.61. The smallest absolute Gasteiger partial charge is 0.316 e. The van der Waals surface area contributed by atoms with Crippen LogP contribution in [0, 0.1) is 0 Å². The molecule has 214 valence electrons. The molecule has 0 spiro atoms. The van der Waals surface area contributed by atoms with Crippen LogP contribution in [-0.4, -0.2) is 86.4 Å². The Morgan fingerprint density at radius 1 is 1.12 bits per heavy atom. The molecule has 2 aliphatic carbocycles. The van der Waals surface area contributed by atoms with Crippen molar-refractivity contribution in [1.29, 1.82) is 0 Å². The van der Waals surface area contributed by atoms with Crippen LogP contribution >= 0.6 is 0 Å². The van der Waals surface area contributed by atoms with Crippen LogP contribution < -0.4 is 5.73 Å². The Morgan fingerprint density at radius 3 is 2.48 bits per heavy atom. The highest BCUT2D eigenvalue weighted by Crippen LogP contribution is 2.53. The molecule has 0 saturated carbocycles. The van der Waals surface area contributed by atoms with Crippen molar-refractivity contribution in [3.63, 3.8) is 0 Å². The number of rotatable bonds is 4. The minimum absolute atomic E-state index is 0.0101. The number of carbonyl (C=O) groups excluding carboxylic acids is 3. The van der Waals surface area contributed by atoms with Crippen molar-refractivity contribution in [3.8, 4) is 11.5 Å². The molecule has 0 radical (unpaired) electrons. The number of benzene rings is 2. The maximum Gasteiger partial charge on any atom is 0.316 e. The molecule has 5 rings (SSSR count). The third kappa shape index (κ3) is 4.02. The van der Waals surface area contributed by atoms with Crippen molar-refractivity contribution >= 4 is 17.5 Å². The SMILES string of the molecule is CC[C@@]1(O)CC(O[C@@H]2O[C@H](C)[C@@H](N)[C@H](O)[C@H]2O)c2c(cc3c(c2O)C(=O)c2c(O)cccc2C3=O)[C@H]1C(=O)OC. The Balaban J connectivity index is 1.72. The number of aromatic hydroxyl groups is 2. The van der Waals surface area contributed by atoms with E-state index in [4.69, 9.17) is 19.9 Å². The van der Waals surface area contributed by atoms with Gasteiger partial charge < -0.3 is 45.5 Å². The summed E-state index contributed by atoms with van der Waals surface area (Å²) < 4.78 is 16.7. The lowest BCUT2D eigenvalue weighted by Gasteiger charge is -2.46. The van der Waals surface area contributed by atoms with Crippen molar-refractivity contribution in [2.24, 2.45) is 5.73 Å². The van der Waals surface area contributed by atoms with E-state index in [2.05, 4.69) is 0 Å². The first kappa shape index (κ1) is 28.1. The van der Waals surface area contributed by atoms with Crippen molar-refractivity contribution in [3.05, 3.63) is 57.6 Å². The predicted molar refractivity (Wildman–Crippen MR) is 136 cm³/mol. The third-order valence-corrected chi connectivity index (χ3v) is 8.33. The number of aliphatic hydroxyl groups excluding tert-OH is 2. The average molecular weight is 558 g/mol. The molecule has 0 amide bonds. The van der Waals surface area contributed by atoms with Gasteiger partial charge in [-0.2, -0.15) is 0 Å².